The number of thiocarbonyl (C=S) groups is 1. The van der Waals surface area contributed by atoms with Gasteiger partial charge in [0.15, 0.2) is 5.11 Å². The third-order valence-electron chi connectivity index (χ3n) is 2.42. The topological polar surface area (TPSA) is 53.2 Å². The molecule has 4 nitrogen and oxygen atoms in total. The highest BCUT2D eigenvalue weighted by molar-refractivity contribution is 7.80. The number of rotatable bonds is 2. The van der Waals surface area contributed by atoms with E-state index in [-0.39, 0.29) is 11.8 Å². The van der Waals surface area contributed by atoms with E-state index in [4.69, 9.17) is 35.4 Å². The highest BCUT2D eigenvalue weighted by Crippen LogP contribution is 2.28. The molecule has 0 radical (unpaired) electrons. The summed E-state index contributed by atoms with van der Waals surface area (Å²) >= 11 is 16.7. The van der Waals surface area contributed by atoms with E-state index in [0.717, 1.165) is 12.8 Å². The van der Waals surface area contributed by atoms with Crippen molar-refractivity contribution in [2.24, 2.45) is 5.92 Å². The predicted octanol–water partition coefficient (Wildman–Crippen LogP) is 2.72. The number of benzene rings is 1. The van der Waals surface area contributed by atoms with Crippen molar-refractivity contribution in [2.75, 3.05) is 5.32 Å². The quantitative estimate of drug-likeness (QED) is 0.581. The largest absolute Gasteiger partial charge is 0.331 e. The van der Waals surface area contributed by atoms with Crippen molar-refractivity contribution in [2.45, 2.75) is 12.8 Å². The molecule has 2 rings (SSSR count). The molecule has 96 valence electrons. The number of hydrogen-bond acceptors (Lipinski definition) is 2. The monoisotopic (exact) mass is 303 g/mol. The van der Waals surface area contributed by atoms with Crippen molar-refractivity contribution >= 4 is 52.1 Å². The molecule has 0 bridgehead atoms. The highest BCUT2D eigenvalue weighted by atomic mass is 35.5. The van der Waals surface area contributed by atoms with Gasteiger partial charge < -0.3 is 5.32 Å². The maximum absolute atomic E-state index is 11.4. The Kier molecular flexibility index (Phi) is 4.27. The number of carbonyl (C=O) groups excluding carboxylic acids is 1. The lowest BCUT2D eigenvalue weighted by molar-refractivity contribution is -0.122. The van der Waals surface area contributed by atoms with Crippen LogP contribution in [0.15, 0.2) is 18.2 Å². The number of anilines is 1. The smallest absolute Gasteiger partial charge is 0.241 e. The van der Waals surface area contributed by atoms with Gasteiger partial charge in [-0.05, 0) is 43.3 Å². The van der Waals surface area contributed by atoms with E-state index < -0.39 is 0 Å². The van der Waals surface area contributed by atoms with Gasteiger partial charge >= 0.3 is 0 Å². The molecule has 1 aromatic rings. The van der Waals surface area contributed by atoms with Crippen LogP contribution >= 0.6 is 35.4 Å². The second kappa shape index (κ2) is 5.73. The predicted molar refractivity (Wildman–Crippen MR) is 76.7 cm³/mol. The zero-order valence-electron chi connectivity index (χ0n) is 9.30. The van der Waals surface area contributed by atoms with Crippen LogP contribution < -0.4 is 16.2 Å². The summed E-state index contributed by atoms with van der Waals surface area (Å²) in [5.74, 6) is 0.0959. The number of hydrazine groups is 1. The maximum Gasteiger partial charge on any atom is 0.241 e. The first-order valence-corrected chi connectivity index (χ1v) is 6.54. The zero-order valence-corrected chi connectivity index (χ0v) is 11.6. The minimum absolute atomic E-state index is 0.0340. The fourth-order valence-electron chi connectivity index (χ4n) is 1.30. The molecule has 0 aliphatic heterocycles. The van der Waals surface area contributed by atoms with Crippen LogP contribution in [0.25, 0.3) is 0 Å². The van der Waals surface area contributed by atoms with Crippen LogP contribution in [0.3, 0.4) is 0 Å². The van der Waals surface area contributed by atoms with Gasteiger partial charge in [0.05, 0.1) is 10.0 Å². The lowest BCUT2D eigenvalue weighted by Crippen LogP contribution is -2.44. The standard InChI is InChI=1S/C11H11Cl2N3OS/c12-8-4-3-7(5-9(8)13)14-11(18)16-15-10(17)6-1-2-6/h3-6H,1-2H2,(H,15,17)(H2,14,16,18). The molecule has 7 heteroatoms. The fourth-order valence-corrected chi connectivity index (χ4v) is 1.77. The first kappa shape index (κ1) is 13.4. The lowest BCUT2D eigenvalue weighted by Gasteiger charge is -2.11. The Morgan fingerprint density at radius 2 is 1.94 bits per heavy atom. The van der Waals surface area contributed by atoms with Crippen molar-refractivity contribution in [3.05, 3.63) is 28.2 Å². The first-order valence-electron chi connectivity index (χ1n) is 5.38. The number of halogens is 2. The van der Waals surface area contributed by atoms with Crippen molar-refractivity contribution < 1.29 is 4.79 Å². The molecule has 1 saturated carbocycles. The molecule has 1 aliphatic rings. The number of nitrogens with one attached hydrogen (secondary N) is 3. The Balaban J connectivity index is 1.82. The molecule has 0 atom stereocenters. The van der Waals surface area contributed by atoms with E-state index >= 15 is 0 Å². The van der Waals surface area contributed by atoms with Crippen molar-refractivity contribution in [3.8, 4) is 0 Å². The van der Waals surface area contributed by atoms with Crippen LogP contribution in [0.5, 0.6) is 0 Å². The second-order valence-electron chi connectivity index (χ2n) is 3.97. The van der Waals surface area contributed by atoms with Gasteiger partial charge in [0, 0.05) is 11.6 Å². The summed E-state index contributed by atoms with van der Waals surface area (Å²) in [6.07, 6.45) is 1.89. The minimum Gasteiger partial charge on any atom is -0.331 e. The van der Waals surface area contributed by atoms with Gasteiger partial charge in [-0.2, -0.15) is 0 Å². The molecule has 0 unspecified atom stereocenters. The summed E-state index contributed by atoms with van der Waals surface area (Å²) < 4.78 is 0. The maximum atomic E-state index is 11.4. The molecular weight excluding hydrogens is 293 g/mol. The van der Waals surface area contributed by atoms with E-state index in [1.165, 1.54) is 0 Å². The Bertz CT molecular complexity index is 491. The summed E-state index contributed by atoms with van der Waals surface area (Å²) in [5.41, 5.74) is 5.87. The van der Waals surface area contributed by atoms with Crippen LogP contribution in [0.1, 0.15) is 12.8 Å². The molecule has 0 saturated heterocycles. The van der Waals surface area contributed by atoms with E-state index in [1.807, 2.05) is 0 Å². The molecule has 1 aromatic carbocycles. The van der Waals surface area contributed by atoms with E-state index in [1.54, 1.807) is 18.2 Å². The second-order valence-corrected chi connectivity index (χ2v) is 5.19. The summed E-state index contributed by atoms with van der Waals surface area (Å²) in [6, 6.07) is 5.06. The summed E-state index contributed by atoms with van der Waals surface area (Å²) in [4.78, 5) is 11.4. The van der Waals surface area contributed by atoms with Crippen LogP contribution in [-0.4, -0.2) is 11.0 Å². The minimum atomic E-state index is -0.0340. The van der Waals surface area contributed by atoms with Crippen LogP contribution in [0.4, 0.5) is 5.69 Å². The molecule has 1 amide bonds. The molecule has 1 fully saturated rings. The van der Waals surface area contributed by atoms with E-state index in [9.17, 15) is 4.79 Å². The van der Waals surface area contributed by atoms with Crippen LogP contribution in [0.2, 0.25) is 10.0 Å². The van der Waals surface area contributed by atoms with Gasteiger partial charge in [0.2, 0.25) is 5.91 Å². The Labute approximate surface area is 120 Å². The Morgan fingerprint density at radius 3 is 2.56 bits per heavy atom. The number of hydrogen-bond donors (Lipinski definition) is 3. The molecule has 0 aromatic heterocycles. The summed E-state index contributed by atoms with van der Waals surface area (Å²) in [6.45, 7) is 0. The lowest BCUT2D eigenvalue weighted by atomic mass is 10.3. The average molecular weight is 304 g/mol. The molecule has 1 aliphatic carbocycles. The summed E-state index contributed by atoms with van der Waals surface area (Å²) in [5, 5.41) is 4.09. The van der Waals surface area contributed by atoms with E-state index in [2.05, 4.69) is 16.2 Å². The summed E-state index contributed by atoms with van der Waals surface area (Å²) in [7, 11) is 0. The average Bonchev–Trinajstić information content (AvgIpc) is 3.15. The van der Waals surface area contributed by atoms with Gasteiger partial charge in [-0.1, -0.05) is 23.2 Å². The van der Waals surface area contributed by atoms with Crippen molar-refractivity contribution in [3.63, 3.8) is 0 Å². The zero-order chi connectivity index (χ0) is 13.1. The fraction of sp³-hybridized carbons (Fsp3) is 0.273. The molecule has 3 N–H and O–H groups in total. The normalized spacial score (nSPS) is 13.9. The van der Waals surface area contributed by atoms with Gasteiger partial charge in [-0.15, -0.1) is 0 Å². The van der Waals surface area contributed by atoms with E-state index in [0.29, 0.717) is 20.8 Å². The van der Waals surface area contributed by atoms with Crippen LogP contribution in [0, 0.1) is 5.92 Å². The molecular formula is C11H11Cl2N3OS. The van der Waals surface area contributed by atoms with Gasteiger partial charge in [-0.25, -0.2) is 0 Å². The molecule has 0 heterocycles. The Morgan fingerprint density at radius 1 is 1.22 bits per heavy atom. The van der Waals surface area contributed by atoms with Gasteiger partial charge in [0.1, 0.15) is 0 Å². The van der Waals surface area contributed by atoms with Crippen molar-refractivity contribution in [1.82, 2.24) is 10.9 Å². The van der Waals surface area contributed by atoms with Gasteiger partial charge in [0.25, 0.3) is 0 Å². The van der Waals surface area contributed by atoms with Crippen LogP contribution in [-0.2, 0) is 4.79 Å². The number of carbonyl (C=O) groups is 1. The number of amides is 1. The first-order chi connectivity index (χ1) is 8.56. The third kappa shape index (κ3) is 3.73. The Hall–Kier alpha value is -1.04. The molecule has 18 heavy (non-hydrogen) atoms. The molecule has 0 spiro atoms. The third-order valence-corrected chi connectivity index (χ3v) is 3.37. The van der Waals surface area contributed by atoms with Crippen molar-refractivity contribution in [1.29, 1.82) is 0 Å². The SMILES string of the molecule is O=C(NNC(=S)Nc1ccc(Cl)c(Cl)c1)C1CC1. The highest BCUT2D eigenvalue weighted by Gasteiger charge is 2.29. The van der Waals surface area contributed by atoms with Gasteiger partial charge in [-0.3, -0.25) is 15.6 Å².